The molecule has 16 heavy (non-hydrogen) atoms. The van der Waals surface area contributed by atoms with Crippen LogP contribution < -0.4 is 0 Å². The predicted octanol–water partition coefficient (Wildman–Crippen LogP) is 3.07. The van der Waals surface area contributed by atoms with Crippen molar-refractivity contribution in [3.63, 3.8) is 0 Å². The lowest BCUT2D eigenvalue weighted by Crippen LogP contribution is -2.12. The Hall–Kier alpha value is -0.960. The fraction of sp³-hybridized carbons (Fsp3) is 0.462. The van der Waals surface area contributed by atoms with Crippen molar-refractivity contribution in [3.8, 4) is 0 Å². The summed E-state index contributed by atoms with van der Waals surface area (Å²) in [5.74, 6) is 2.49. The van der Waals surface area contributed by atoms with E-state index in [0.29, 0.717) is 5.56 Å². The summed E-state index contributed by atoms with van der Waals surface area (Å²) in [7, 11) is 0. The fourth-order valence-corrected chi connectivity index (χ4v) is 3.27. The molecule has 0 aromatic heterocycles. The van der Waals surface area contributed by atoms with Crippen LogP contribution in [0.4, 0.5) is 0 Å². The van der Waals surface area contributed by atoms with E-state index < -0.39 is 5.97 Å². The van der Waals surface area contributed by atoms with E-state index in [1.807, 2.05) is 23.9 Å². The Morgan fingerprint density at radius 1 is 1.25 bits per heavy atom. The lowest BCUT2D eigenvalue weighted by molar-refractivity contribution is 0.0697. The largest absolute Gasteiger partial charge is 0.478 e. The minimum absolute atomic E-state index is 0.378. The maximum Gasteiger partial charge on any atom is 0.335 e. The van der Waals surface area contributed by atoms with Gasteiger partial charge in [0.2, 0.25) is 0 Å². The summed E-state index contributed by atoms with van der Waals surface area (Å²) in [6, 6.07) is 7.31. The first kappa shape index (κ1) is 11.5. The number of hydrogen-bond acceptors (Lipinski definition) is 2. The van der Waals surface area contributed by atoms with Gasteiger partial charge in [-0.3, -0.25) is 0 Å². The second-order valence-corrected chi connectivity index (χ2v) is 5.49. The van der Waals surface area contributed by atoms with Crippen molar-refractivity contribution in [1.82, 2.24) is 0 Å². The van der Waals surface area contributed by atoms with Crippen molar-refractivity contribution >= 4 is 17.7 Å². The highest BCUT2D eigenvalue weighted by atomic mass is 32.2. The Bertz CT molecular complexity index is 353. The smallest absolute Gasteiger partial charge is 0.335 e. The molecule has 0 bridgehead atoms. The minimum atomic E-state index is -0.847. The molecular weight excluding hydrogens is 220 g/mol. The zero-order valence-corrected chi connectivity index (χ0v) is 10.0. The number of carboxylic acid groups (broad SMARTS) is 1. The molecule has 0 atom stereocenters. The van der Waals surface area contributed by atoms with Gasteiger partial charge in [-0.25, -0.2) is 4.79 Å². The molecule has 1 aromatic rings. The lowest BCUT2D eigenvalue weighted by atomic mass is 9.94. The third-order valence-electron chi connectivity index (χ3n) is 3.07. The number of hydrogen-bond donors (Lipinski definition) is 1. The number of rotatable bonds is 3. The molecule has 1 fully saturated rings. The zero-order valence-electron chi connectivity index (χ0n) is 9.19. The van der Waals surface area contributed by atoms with Crippen LogP contribution in [-0.4, -0.2) is 22.6 Å². The van der Waals surface area contributed by atoms with Gasteiger partial charge in [0.05, 0.1) is 5.56 Å². The van der Waals surface area contributed by atoms with Gasteiger partial charge >= 0.3 is 5.97 Å². The lowest BCUT2D eigenvalue weighted by Gasteiger charge is -2.21. The first-order valence-corrected chi connectivity index (χ1v) is 6.81. The van der Waals surface area contributed by atoms with E-state index in [4.69, 9.17) is 5.11 Å². The molecule has 0 aliphatic carbocycles. The maximum atomic E-state index is 10.7. The van der Waals surface area contributed by atoms with Gasteiger partial charge in [-0.05, 0) is 54.4 Å². The van der Waals surface area contributed by atoms with Gasteiger partial charge in [-0.15, -0.1) is 0 Å². The van der Waals surface area contributed by atoms with E-state index in [9.17, 15) is 4.79 Å². The van der Waals surface area contributed by atoms with Crippen LogP contribution in [0.2, 0.25) is 0 Å². The Kier molecular flexibility index (Phi) is 3.88. The van der Waals surface area contributed by atoms with Crippen molar-refractivity contribution in [1.29, 1.82) is 0 Å². The average Bonchev–Trinajstić information content (AvgIpc) is 2.31. The topological polar surface area (TPSA) is 37.3 Å². The molecule has 1 heterocycles. The van der Waals surface area contributed by atoms with Gasteiger partial charge in [-0.2, -0.15) is 11.8 Å². The number of thioether (sulfide) groups is 1. The molecule has 1 N–H and O–H groups in total. The highest BCUT2D eigenvalue weighted by Gasteiger charge is 2.14. The van der Waals surface area contributed by atoms with Crippen LogP contribution in [-0.2, 0) is 6.42 Å². The fourth-order valence-electron chi connectivity index (χ4n) is 2.07. The third kappa shape index (κ3) is 3.01. The number of aromatic carboxylic acids is 1. The van der Waals surface area contributed by atoms with Gasteiger partial charge in [0.25, 0.3) is 0 Å². The zero-order chi connectivity index (χ0) is 11.4. The van der Waals surface area contributed by atoms with E-state index in [1.165, 1.54) is 29.9 Å². The van der Waals surface area contributed by atoms with Gasteiger partial charge in [0, 0.05) is 0 Å². The van der Waals surface area contributed by atoms with Crippen LogP contribution in [0.15, 0.2) is 24.3 Å². The SMILES string of the molecule is O=C(O)c1ccc(CC2CCSCC2)cc1. The summed E-state index contributed by atoms with van der Waals surface area (Å²) in [6.45, 7) is 0. The normalized spacial score (nSPS) is 17.2. The Morgan fingerprint density at radius 2 is 1.88 bits per heavy atom. The molecule has 0 radical (unpaired) electrons. The number of carbonyl (C=O) groups is 1. The summed E-state index contributed by atoms with van der Waals surface area (Å²) in [5, 5.41) is 8.79. The number of carboxylic acids is 1. The Balaban J connectivity index is 1.96. The second kappa shape index (κ2) is 5.39. The summed E-state index contributed by atoms with van der Waals surface area (Å²) >= 11 is 2.04. The van der Waals surface area contributed by atoms with Crippen molar-refractivity contribution in [2.75, 3.05) is 11.5 Å². The standard InChI is InChI=1S/C13H16O2S/c14-13(15)12-3-1-10(2-4-12)9-11-5-7-16-8-6-11/h1-4,11H,5-9H2,(H,14,15). The van der Waals surface area contributed by atoms with E-state index in [2.05, 4.69) is 0 Å². The van der Waals surface area contributed by atoms with Crippen LogP contribution in [0.3, 0.4) is 0 Å². The maximum absolute atomic E-state index is 10.7. The molecule has 0 saturated carbocycles. The third-order valence-corrected chi connectivity index (χ3v) is 4.11. The Morgan fingerprint density at radius 3 is 2.44 bits per heavy atom. The van der Waals surface area contributed by atoms with E-state index >= 15 is 0 Å². The molecule has 3 heteroatoms. The minimum Gasteiger partial charge on any atom is -0.478 e. The highest BCUT2D eigenvalue weighted by Crippen LogP contribution is 2.25. The van der Waals surface area contributed by atoms with Crippen molar-refractivity contribution in [3.05, 3.63) is 35.4 Å². The molecule has 2 rings (SSSR count). The van der Waals surface area contributed by atoms with E-state index in [0.717, 1.165) is 12.3 Å². The van der Waals surface area contributed by atoms with E-state index in [1.54, 1.807) is 12.1 Å². The monoisotopic (exact) mass is 236 g/mol. The van der Waals surface area contributed by atoms with Crippen LogP contribution in [0.5, 0.6) is 0 Å². The molecular formula is C13H16O2S. The molecule has 1 aliphatic rings. The number of benzene rings is 1. The average molecular weight is 236 g/mol. The molecule has 2 nitrogen and oxygen atoms in total. The second-order valence-electron chi connectivity index (χ2n) is 4.26. The van der Waals surface area contributed by atoms with Crippen LogP contribution >= 0.6 is 11.8 Å². The van der Waals surface area contributed by atoms with Crippen LogP contribution in [0.1, 0.15) is 28.8 Å². The van der Waals surface area contributed by atoms with Crippen molar-refractivity contribution in [2.45, 2.75) is 19.3 Å². The highest BCUT2D eigenvalue weighted by molar-refractivity contribution is 7.99. The van der Waals surface area contributed by atoms with Gasteiger partial charge in [0.15, 0.2) is 0 Å². The summed E-state index contributed by atoms with van der Waals surface area (Å²) < 4.78 is 0. The van der Waals surface area contributed by atoms with Crippen LogP contribution in [0, 0.1) is 5.92 Å². The quantitative estimate of drug-likeness (QED) is 0.876. The molecule has 0 amide bonds. The van der Waals surface area contributed by atoms with Gasteiger partial charge in [-0.1, -0.05) is 12.1 Å². The van der Waals surface area contributed by atoms with Gasteiger partial charge in [0.1, 0.15) is 0 Å². The van der Waals surface area contributed by atoms with Crippen molar-refractivity contribution in [2.24, 2.45) is 5.92 Å². The van der Waals surface area contributed by atoms with Gasteiger partial charge < -0.3 is 5.11 Å². The molecule has 0 unspecified atom stereocenters. The summed E-state index contributed by atoms with van der Waals surface area (Å²) in [4.78, 5) is 10.7. The first-order chi connectivity index (χ1) is 7.75. The Labute approximate surface area is 100 Å². The summed E-state index contributed by atoms with van der Waals surface area (Å²) in [5.41, 5.74) is 1.64. The van der Waals surface area contributed by atoms with Crippen molar-refractivity contribution < 1.29 is 9.90 Å². The molecule has 1 aliphatic heterocycles. The predicted molar refractivity (Wildman–Crippen MR) is 67.2 cm³/mol. The van der Waals surface area contributed by atoms with Crippen LogP contribution in [0.25, 0.3) is 0 Å². The molecule has 1 saturated heterocycles. The first-order valence-electron chi connectivity index (χ1n) is 5.65. The molecule has 86 valence electrons. The van der Waals surface area contributed by atoms with E-state index in [-0.39, 0.29) is 0 Å². The summed E-state index contributed by atoms with van der Waals surface area (Å²) in [6.07, 6.45) is 3.69. The molecule has 1 aromatic carbocycles. The molecule has 0 spiro atoms.